The molecule has 0 aliphatic heterocycles. The predicted molar refractivity (Wildman–Crippen MR) is 127 cm³/mol. The number of rotatable bonds is 4. The van der Waals surface area contributed by atoms with E-state index in [9.17, 15) is 4.79 Å². The lowest BCUT2D eigenvalue weighted by Gasteiger charge is -2.27. The van der Waals surface area contributed by atoms with Gasteiger partial charge in [-0.15, -0.1) is 0 Å². The molecule has 3 rings (SSSR count). The standard InChI is InChI=1S/C9H15NO.2C9H18/c1-8-3-2-4-9(5-8)6-10-7-11;1-3-9-6-4-8(2)5-7-9;1-3-9-7-5-4-6-8(9)2/h8-9H,2-6H2,1H3;2*8-9H,3-7H2,1-2H3. The molecule has 0 aromatic carbocycles. The largest absolute Gasteiger partial charge is 0.234 e. The third kappa shape index (κ3) is 12.0. The molecule has 0 heterocycles. The smallest absolute Gasteiger partial charge is 0.211 e. The van der Waals surface area contributed by atoms with Crippen molar-refractivity contribution < 1.29 is 4.79 Å². The van der Waals surface area contributed by atoms with Crippen LogP contribution < -0.4 is 0 Å². The first-order chi connectivity index (χ1) is 14.0. The lowest BCUT2D eigenvalue weighted by molar-refractivity contribution is 0.249. The van der Waals surface area contributed by atoms with Crippen LogP contribution in [0, 0.1) is 35.5 Å². The van der Waals surface area contributed by atoms with Crippen molar-refractivity contribution in [2.24, 2.45) is 40.5 Å². The highest BCUT2D eigenvalue weighted by molar-refractivity contribution is 5.32. The molecule has 0 N–H and O–H groups in total. The van der Waals surface area contributed by atoms with Crippen LogP contribution >= 0.6 is 0 Å². The van der Waals surface area contributed by atoms with Gasteiger partial charge in [-0.3, -0.25) is 0 Å². The highest BCUT2D eigenvalue weighted by atomic mass is 16.1. The third-order valence-electron chi connectivity index (χ3n) is 7.99. The zero-order valence-corrected chi connectivity index (χ0v) is 20.4. The summed E-state index contributed by atoms with van der Waals surface area (Å²) in [5.74, 6) is 5.65. The van der Waals surface area contributed by atoms with Crippen molar-refractivity contribution in [3.8, 4) is 0 Å². The van der Waals surface area contributed by atoms with Crippen LogP contribution in [0.1, 0.15) is 125 Å². The Morgan fingerprint density at radius 2 is 1.41 bits per heavy atom. The van der Waals surface area contributed by atoms with E-state index in [1.165, 1.54) is 89.9 Å². The van der Waals surface area contributed by atoms with Crippen molar-refractivity contribution in [2.45, 2.75) is 125 Å². The van der Waals surface area contributed by atoms with Crippen molar-refractivity contribution in [3.63, 3.8) is 0 Å². The highest BCUT2D eigenvalue weighted by Gasteiger charge is 2.19. The molecule has 0 spiro atoms. The van der Waals surface area contributed by atoms with E-state index in [4.69, 9.17) is 0 Å². The minimum Gasteiger partial charge on any atom is -0.211 e. The van der Waals surface area contributed by atoms with Gasteiger partial charge in [0, 0.05) is 0 Å². The molecule has 0 amide bonds. The van der Waals surface area contributed by atoms with Crippen molar-refractivity contribution in [2.75, 3.05) is 6.54 Å². The normalized spacial score (nSPS) is 34.5. The van der Waals surface area contributed by atoms with Gasteiger partial charge in [0.1, 0.15) is 0 Å². The van der Waals surface area contributed by atoms with Crippen LogP contribution in [0.25, 0.3) is 0 Å². The fourth-order valence-electron chi connectivity index (χ4n) is 5.63. The van der Waals surface area contributed by atoms with Crippen LogP contribution in [0.2, 0.25) is 0 Å². The molecule has 170 valence electrons. The second kappa shape index (κ2) is 16.1. The fraction of sp³-hybridized carbons (Fsp3) is 0.963. The first-order valence-electron chi connectivity index (χ1n) is 13.0. The maximum absolute atomic E-state index is 9.84. The quantitative estimate of drug-likeness (QED) is 0.340. The van der Waals surface area contributed by atoms with Gasteiger partial charge < -0.3 is 0 Å². The topological polar surface area (TPSA) is 29.4 Å². The third-order valence-corrected chi connectivity index (χ3v) is 7.99. The summed E-state index contributed by atoms with van der Waals surface area (Å²) in [6.07, 6.45) is 21.5. The number of isocyanates is 1. The summed E-state index contributed by atoms with van der Waals surface area (Å²) in [5, 5.41) is 0. The van der Waals surface area contributed by atoms with Gasteiger partial charge in [-0.1, -0.05) is 112 Å². The average molecular weight is 406 g/mol. The van der Waals surface area contributed by atoms with Gasteiger partial charge in [-0.05, 0) is 48.3 Å². The van der Waals surface area contributed by atoms with Gasteiger partial charge in [0.25, 0.3) is 0 Å². The van der Waals surface area contributed by atoms with Gasteiger partial charge in [0.15, 0.2) is 0 Å². The molecule has 0 radical (unpaired) electrons. The summed E-state index contributed by atoms with van der Waals surface area (Å²) in [5.41, 5.74) is 0. The number of hydrogen-bond acceptors (Lipinski definition) is 2. The van der Waals surface area contributed by atoms with Crippen LogP contribution in [-0.2, 0) is 4.79 Å². The number of aliphatic imine (C=N–C) groups is 1. The maximum atomic E-state index is 9.84. The molecular formula is C27H51NO. The SMILES string of the molecule is CC1CCCC(CN=C=O)C1.CCC1CCC(C)CC1.CCC1CCCCC1C. The Morgan fingerprint density at radius 1 is 0.724 bits per heavy atom. The van der Waals surface area contributed by atoms with E-state index in [1.807, 2.05) is 0 Å². The van der Waals surface area contributed by atoms with Crippen molar-refractivity contribution in [1.82, 2.24) is 0 Å². The summed E-state index contributed by atoms with van der Waals surface area (Å²) in [6, 6.07) is 0. The highest BCUT2D eigenvalue weighted by Crippen LogP contribution is 2.31. The van der Waals surface area contributed by atoms with Gasteiger partial charge in [-0.2, -0.15) is 0 Å². The number of hydrogen-bond donors (Lipinski definition) is 0. The van der Waals surface area contributed by atoms with Gasteiger partial charge in [0.2, 0.25) is 6.08 Å². The van der Waals surface area contributed by atoms with E-state index in [2.05, 4.69) is 39.6 Å². The molecule has 3 saturated carbocycles. The van der Waals surface area contributed by atoms with Crippen molar-refractivity contribution in [1.29, 1.82) is 0 Å². The molecule has 0 aromatic heterocycles. The van der Waals surface area contributed by atoms with E-state index in [0.29, 0.717) is 12.5 Å². The Morgan fingerprint density at radius 3 is 1.93 bits per heavy atom. The lowest BCUT2D eigenvalue weighted by Crippen LogP contribution is -2.15. The van der Waals surface area contributed by atoms with E-state index in [-0.39, 0.29) is 0 Å². The fourth-order valence-corrected chi connectivity index (χ4v) is 5.63. The van der Waals surface area contributed by atoms with Crippen LogP contribution in [0.5, 0.6) is 0 Å². The van der Waals surface area contributed by atoms with Gasteiger partial charge in [0.05, 0.1) is 6.54 Å². The summed E-state index contributed by atoms with van der Waals surface area (Å²) in [7, 11) is 0. The summed E-state index contributed by atoms with van der Waals surface area (Å²) < 4.78 is 0. The van der Waals surface area contributed by atoms with E-state index in [0.717, 1.165) is 29.6 Å². The molecule has 0 aromatic rings. The zero-order chi connectivity index (χ0) is 21.5. The molecule has 4 atom stereocenters. The molecule has 29 heavy (non-hydrogen) atoms. The van der Waals surface area contributed by atoms with E-state index >= 15 is 0 Å². The minimum absolute atomic E-state index is 0.653. The Kier molecular flexibility index (Phi) is 14.7. The zero-order valence-electron chi connectivity index (χ0n) is 20.4. The Labute approximate surface area is 182 Å². The predicted octanol–water partition coefficient (Wildman–Crippen LogP) is 8.59. The summed E-state index contributed by atoms with van der Waals surface area (Å²) in [4.78, 5) is 13.5. The second-order valence-electron chi connectivity index (χ2n) is 10.5. The Bertz CT molecular complexity index is 434. The molecule has 3 aliphatic carbocycles. The van der Waals surface area contributed by atoms with Crippen molar-refractivity contribution in [3.05, 3.63) is 0 Å². The average Bonchev–Trinajstić information content (AvgIpc) is 2.74. The first-order valence-corrected chi connectivity index (χ1v) is 13.0. The number of carbonyl (C=O) groups excluding carboxylic acids is 1. The molecule has 4 unspecified atom stereocenters. The molecule has 2 heteroatoms. The summed E-state index contributed by atoms with van der Waals surface area (Å²) in [6.45, 7) is 12.4. The molecule has 3 aliphatic rings. The maximum Gasteiger partial charge on any atom is 0.234 e. The first kappa shape index (κ1) is 26.4. The molecule has 0 bridgehead atoms. The van der Waals surface area contributed by atoms with Gasteiger partial charge in [-0.25, -0.2) is 9.79 Å². The van der Waals surface area contributed by atoms with Crippen LogP contribution in [-0.4, -0.2) is 12.6 Å². The second-order valence-corrected chi connectivity index (χ2v) is 10.5. The van der Waals surface area contributed by atoms with Crippen LogP contribution in [0.3, 0.4) is 0 Å². The molecule has 3 fully saturated rings. The van der Waals surface area contributed by atoms with E-state index in [1.54, 1.807) is 6.08 Å². The number of nitrogens with zero attached hydrogens (tertiary/aromatic N) is 1. The molecule has 2 nitrogen and oxygen atoms in total. The van der Waals surface area contributed by atoms with Crippen molar-refractivity contribution >= 4 is 6.08 Å². The van der Waals surface area contributed by atoms with Crippen LogP contribution in [0.4, 0.5) is 0 Å². The Balaban J connectivity index is 0.000000219. The molecular weight excluding hydrogens is 354 g/mol. The molecule has 0 saturated heterocycles. The van der Waals surface area contributed by atoms with E-state index < -0.39 is 0 Å². The Hall–Kier alpha value is -0.620. The van der Waals surface area contributed by atoms with Crippen LogP contribution in [0.15, 0.2) is 4.99 Å². The monoisotopic (exact) mass is 405 g/mol. The lowest BCUT2D eigenvalue weighted by atomic mass is 9.79. The van der Waals surface area contributed by atoms with Gasteiger partial charge >= 0.3 is 0 Å². The minimum atomic E-state index is 0.653. The summed E-state index contributed by atoms with van der Waals surface area (Å²) >= 11 is 0.